The van der Waals surface area contributed by atoms with Crippen LogP contribution in [-0.2, 0) is 12.0 Å². The van der Waals surface area contributed by atoms with Crippen molar-refractivity contribution < 1.29 is 8.78 Å². The molecule has 0 N–H and O–H groups in total. The van der Waals surface area contributed by atoms with E-state index in [1.54, 1.807) is 0 Å². The molecule has 1 aliphatic rings. The molecule has 2 heterocycles. The van der Waals surface area contributed by atoms with E-state index < -0.39 is 6.55 Å². The van der Waals surface area contributed by atoms with Gasteiger partial charge in [0.15, 0.2) is 0 Å². The van der Waals surface area contributed by atoms with Crippen LogP contribution in [0.15, 0.2) is 36.7 Å². The van der Waals surface area contributed by atoms with Gasteiger partial charge in [-0.2, -0.15) is 8.78 Å². The summed E-state index contributed by atoms with van der Waals surface area (Å²) in [6.07, 6.45) is 3.76. The summed E-state index contributed by atoms with van der Waals surface area (Å²) in [5.74, 6) is 0.399. The predicted octanol–water partition coefficient (Wildman–Crippen LogP) is 4.35. The SMILES string of the molecule is C[C@@H]1CC(C)(C)c2ccccc2N1Cc1nccn1C(F)F. The number of imidazole rings is 1. The molecule has 2 aromatic rings. The average Bonchev–Trinajstić information content (AvgIpc) is 2.91. The van der Waals surface area contributed by atoms with Crippen LogP contribution in [0.2, 0.25) is 0 Å². The second-order valence-corrected chi connectivity index (χ2v) is 6.61. The molecular weight excluding hydrogens is 284 g/mol. The lowest BCUT2D eigenvalue weighted by Crippen LogP contribution is -2.43. The lowest BCUT2D eigenvalue weighted by Gasteiger charge is -2.44. The third-order valence-electron chi connectivity index (χ3n) is 4.55. The standard InChI is InChI=1S/C17H21F2N3/c1-12-10-17(2,3)13-6-4-5-7-14(13)22(12)11-15-20-8-9-21(15)16(18)19/h4-9,12,16H,10-11H2,1-3H3/t12-/m1/s1. The minimum absolute atomic E-state index is 0.0879. The number of fused-ring (bicyclic) bond motifs is 1. The first kappa shape index (κ1) is 15.0. The van der Waals surface area contributed by atoms with E-state index in [0.29, 0.717) is 12.4 Å². The Balaban J connectivity index is 1.98. The van der Waals surface area contributed by atoms with Gasteiger partial charge in [-0.25, -0.2) is 4.98 Å². The van der Waals surface area contributed by atoms with E-state index in [1.807, 2.05) is 12.1 Å². The van der Waals surface area contributed by atoms with Crippen LogP contribution in [0, 0.1) is 0 Å². The monoisotopic (exact) mass is 305 g/mol. The number of benzene rings is 1. The predicted molar refractivity (Wildman–Crippen MR) is 83.2 cm³/mol. The number of rotatable bonds is 3. The van der Waals surface area contributed by atoms with Crippen LogP contribution in [0.1, 0.15) is 45.1 Å². The van der Waals surface area contributed by atoms with Gasteiger partial charge in [-0.3, -0.25) is 4.57 Å². The quantitative estimate of drug-likeness (QED) is 0.840. The molecule has 118 valence electrons. The normalized spacial score (nSPS) is 20.3. The Morgan fingerprint density at radius 1 is 1.32 bits per heavy atom. The van der Waals surface area contributed by atoms with Crippen LogP contribution in [0.5, 0.6) is 0 Å². The van der Waals surface area contributed by atoms with Gasteiger partial charge in [0.2, 0.25) is 0 Å². The van der Waals surface area contributed by atoms with Crippen LogP contribution >= 0.6 is 0 Å². The van der Waals surface area contributed by atoms with Crippen molar-refractivity contribution in [3.63, 3.8) is 0 Å². The zero-order chi connectivity index (χ0) is 15.9. The van der Waals surface area contributed by atoms with E-state index in [1.165, 1.54) is 18.0 Å². The topological polar surface area (TPSA) is 21.1 Å². The third kappa shape index (κ3) is 2.49. The highest BCUT2D eigenvalue weighted by molar-refractivity contribution is 5.59. The van der Waals surface area contributed by atoms with Gasteiger partial charge >= 0.3 is 6.55 Å². The molecule has 0 spiro atoms. The Hall–Kier alpha value is -1.91. The zero-order valence-electron chi connectivity index (χ0n) is 13.1. The summed E-state index contributed by atoms with van der Waals surface area (Å²) in [6, 6.07) is 8.51. The molecule has 1 aliphatic heterocycles. The van der Waals surface area contributed by atoms with Gasteiger partial charge in [0.25, 0.3) is 0 Å². The summed E-state index contributed by atoms with van der Waals surface area (Å²) in [5.41, 5.74) is 2.48. The Labute approximate surface area is 129 Å². The Morgan fingerprint density at radius 3 is 2.77 bits per heavy atom. The number of para-hydroxylation sites is 1. The van der Waals surface area contributed by atoms with Crippen LogP contribution in [0.4, 0.5) is 14.5 Å². The highest BCUT2D eigenvalue weighted by atomic mass is 19.3. The summed E-state index contributed by atoms with van der Waals surface area (Å²) in [4.78, 5) is 6.30. The zero-order valence-corrected chi connectivity index (χ0v) is 13.1. The van der Waals surface area contributed by atoms with E-state index >= 15 is 0 Å². The fourth-order valence-electron chi connectivity index (χ4n) is 3.53. The Morgan fingerprint density at radius 2 is 2.05 bits per heavy atom. The number of alkyl halides is 2. The third-order valence-corrected chi connectivity index (χ3v) is 4.55. The molecule has 0 aliphatic carbocycles. The minimum Gasteiger partial charge on any atom is -0.361 e. The second kappa shape index (κ2) is 5.38. The molecule has 0 amide bonds. The maximum absolute atomic E-state index is 13.0. The summed E-state index contributed by atoms with van der Waals surface area (Å²) in [7, 11) is 0. The largest absolute Gasteiger partial charge is 0.361 e. The van der Waals surface area contributed by atoms with Crippen molar-refractivity contribution in [2.75, 3.05) is 4.90 Å². The van der Waals surface area contributed by atoms with Crippen LogP contribution in [-0.4, -0.2) is 15.6 Å². The van der Waals surface area contributed by atoms with Crippen molar-refractivity contribution in [1.82, 2.24) is 9.55 Å². The number of anilines is 1. The number of nitrogens with zero attached hydrogens (tertiary/aromatic N) is 3. The summed E-state index contributed by atoms with van der Waals surface area (Å²) in [6.45, 7) is 4.46. The molecule has 0 saturated carbocycles. The van der Waals surface area contributed by atoms with Gasteiger partial charge in [-0.05, 0) is 30.4 Å². The molecule has 0 fully saturated rings. The Bertz CT molecular complexity index is 663. The maximum Gasteiger partial charge on any atom is 0.319 e. The molecule has 22 heavy (non-hydrogen) atoms. The lowest BCUT2D eigenvalue weighted by atomic mass is 9.75. The van der Waals surface area contributed by atoms with Gasteiger partial charge in [0, 0.05) is 24.1 Å². The van der Waals surface area contributed by atoms with E-state index in [0.717, 1.165) is 16.7 Å². The number of hydrogen-bond donors (Lipinski definition) is 0. The molecule has 1 aromatic carbocycles. The summed E-state index contributed by atoms with van der Waals surface area (Å²) < 4.78 is 27.0. The summed E-state index contributed by atoms with van der Waals surface area (Å²) in [5, 5.41) is 0. The minimum atomic E-state index is -2.55. The molecule has 3 rings (SSSR count). The van der Waals surface area contributed by atoms with Gasteiger partial charge in [0.05, 0.1) is 6.54 Å². The van der Waals surface area contributed by atoms with Crippen molar-refractivity contribution >= 4 is 5.69 Å². The maximum atomic E-state index is 13.0. The van der Waals surface area contributed by atoms with Crippen molar-refractivity contribution in [3.8, 4) is 0 Å². The van der Waals surface area contributed by atoms with Crippen molar-refractivity contribution in [3.05, 3.63) is 48.0 Å². The smallest absolute Gasteiger partial charge is 0.319 e. The first-order chi connectivity index (χ1) is 10.4. The molecular formula is C17H21F2N3. The molecule has 1 atom stereocenters. The fourth-order valence-corrected chi connectivity index (χ4v) is 3.53. The highest BCUT2D eigenvalue weighted by Crippen LogP contribution is 2.42. The lowest BCUT2D eigenvalue weighted by molar-refractivity contribution is 0.0668. The van der Waals surface area contributed by atoms with Gasteiger partial charge in [-0.1, -0.05) is 32.0 Å². The molecule has 0 radical (unpaired) electrons. The van der Waals surface area contributed by atoms with Gasteiger partial charge in [-0.15, -0.1) is 0 Å². The first-order valence-electron chi connectivity index (χ1n) is 7.56. The van der Waals surface area contributed by atoms with E-state index in [2.05, 4.69) is 42.8 Å². The fraction of sp³-hybridized carbons (Fsp3) is 0.471. The summed E-state index contributed by atoms with van der Waals surface area (Å²) >= 11 is 0. The van der Waals surface area contributed by atoms with Crippen LogP contribution < -0.4 is 4.90 Å². The molecule has 0 bridgehead atoms. The average molecular weight is 305 g/mol. The van der Waals surface area contributed by atoms with E-state index in [9.17, 15) is 8.78 Å². The number of hydrogen-bond acceptors (Lipinski definition) is 2. The van der Waals surface area contributed by atoms with Crippen LogP contribution in [0.25, 0.3) is 0 Å². The molecule has 1 aromatic heterocycles. The van der Waals surface area contributed by atoms with Crippen molar-refractivity contribution in [1.29, 1.82) is 0 Å². The molecule has 0 saturated heterocycles. The number of halogens is 2. The molecule has 0 unspecified atom stereocenters. The van der Waals surface area contributed by atoms with Gasteiger partial charge < -0.3 is 4.90 Å². The van der Waals surface area contributed by atoms with Crippen LogP contribution in [0.3, 0.4) is 0 Å². The number of aromatic nitrogens is 2. The first-order valence-corrected chi connectivity index (χ1v) is 7.56. The molecule has 3 nitrogen and oxygen atoms in total. The molecule has 5 heteroatoms. The van der Waals surface area contributed by atoms with Crippen molar-refractivity contribution in [2.24, 2.45) is 0 Å². The van der Waals surface area contributed by atoms with Gasteiger partial charge in [0.1, 0.15) is 5.82 Å². The van der Waals surface area contributed by atoms with Crippen molar-refractivity contribution in [2.45, 2.75) is 51.7 Å². The Kier molecular flexibility index (Phi) is 3.67. The highest BCUT2D eigenvalue weighted by Gasteiger charge is 2.35. The second-order valence-electron chi connectivity index (χ2n) is 6.61. The van der Waals surface area contributed by atoms with E-state index in [-0.39, 0.29) is 11.5 Å². The van der Waals surface area contributed by atoms with E-state index in [4.69, 9.17) is 0 Å².